The van der Waals surface area contributed by atoms with Gasteiger partial charge in [-0.1, -0.05) is 23.4 Å². The lowest BCUT2D eigenvalue weighted by molar-refractivity contribution is 0.0979. The average Bonchev–Trinajstić information content (AvgIpc) is 2.74. The molecule has 0 fully saturated rings. The van der Waals surface area contributed by atoms with E-state index in [0.717, 1.165) is 24.3 Å². The molecule has 0 spiro atoms. The van der Waals surface area contributed by atoms with E-state index in [2.05, 4.69) is 10.5 Å². The molecule has 0 atom stereocenters. The summed E-state index contributed by atoms with van der Waals surface area (Å²) in [4.78, 5) is 14.3. The van der Waals surface area contributed by atoms with E-state index in [0.29, 0.717) is 18.0 Å². The van der Waals surface area contributed by atoms with Crippen LogP contribution in [0.5, 0.6) is 0 Å². The maximum Gasteiger partial charge on any atom is 0.280 e. The number of para-hydroxylation sites is 1. The van der Waals surface area contributed by atoms with Crippen LogP contribution in [0, 0.1) is 6.92 Å². The fourth-order valence-electron chi connectivity index (χ4n) is 2.27. The Morgan fingerprint density at radius 2 is 2.26 bits per heavy atom. The van der Waals surface area contributed by atoms with E-state index in [1.807, 2.05) is 24.3 Å². The Morgan fingerprint density at radius 3 is 3.05 bits per heavy atom. The van der Waals surface area contributed by atoms with Crippen LogP contribution in [0.15, 0.2) is 34.9 Å². The summed E-state index contributed by atoms with van der Waals surface area (Å²) in [5.74, 6) is 0.526. The van der Waals surface area contributed by atoms with Gasteiger partial charge in [0.05, 0.1) is 0 Å². The Balaban J connectivity index is 1.98. The van der Waals surface area contributed by atoms with E-state index in [1.54, 1.807) is 17.9 Å². The number of hydrogen-bond donors (Lipinski definition) is 1. The molecule has 1 N–H and O–H groups in total. The molecule has 0 aliphatic carbocycles. The molecule has 0 unspecified atom stereocenters. The minimum absolute atomic E-state index is 0.118. The number of anilines is 1. The van der Waals surface area contributed by atoms with E-state index < -0.39 is 0 Å². The zero-order valence-corrected chi connectivity index (χ0v) is 10.7. The molecule has 3 rings (SSSR count). The van der Waals surface area contributed by atoms with Gasteiger partial charge in [0.1, 0.15) is 5.76 Å². The van der Waals surface area contributed by atoms with Crippen molar-refractivity contribution in [2.45, 2.75) is 13.5 Å². The first-order valence-electron chi connectivity index (χ1n) is 6.29. The van der Waals surface area contributed by atoms with Crippen molar-refractivity contribution in [3.05, 3.63) is 47.3 Å². The molecule has 19 heavy (non-hydrogen) atoms. The van der Waals surface area contributed by atoms with E-state index >= 15 is 0 Å². The number of nitrogens with one attached hydrogen (secondary N) is 1. The molecule has 2 aromatic rings. The Labute approximate surface area is 111 Å². The highest BCUT2D eigenvalue weighted by molar-refractivity contribution is 6.05. The second kappa shape index (κ2) is 4.85. The van der Waals surface area contributed by atoms with Crippen LogP contribution in [0.2, 0.25) is 0 Å². The van der Waals surface area contributed by atoms with Gasteiger partial charge in [0.25, 0.3) is 5.91 Å². The molecule has 0 saturated heterocycles. The highest BCUT2D eigenvalue weighted by Crippen LogP contribution is 2.23. The number of aromatic nitrogens is 1. The smallest absolute Gasteiger partial charge is 0.280 e. The molecular weight excluding hydrogens is 242 g/mol. The molecule has 98 valence electrons. The predicted octanol–water partition coefficient (Wildman–Crippen LogP) is 1.73. The average molecular weight is 257 g/mol. The third kappa shape index (κ3) is 2.24. The van der Waals surface area contributed by atoms with Gasteiger partial charge in [-0.05, 0) is 18.6 Å². The fourth-order valence-corrected chi connectivity index (χ4v) is 2.27. The molecule has 1 aromatic carbocycles. The monoisotopic (exact) mass is 257 g/mol. The second-order valence-electron chi connectivity index (χ2n) is 4.59. The molecule has 1 aromatic heterocycles. The van der Waals surface area contributed by atoms with Crippen LogP contribution in [-0.4, -0.2) is 24.2 Å². The summed E-state index contributed by atoms with van der Waals surface area (Å²) < 4.78 is 4.98. The number of rotatable bonds is 1. The Hall–Kier alpha value is -2.14. The van der Waals surface area contributed by atoms with Crippen molar-refractivity contribution in [2.24, 2.45) is 0 Å². The molecule has 1 aliphatic heterocycles. The van der Waals surface area contributed by atoms with Gasteiger partial charge < -0.3 is 14.7 Å². The van der Waals surface area contributed by atoms with Crippen molar-refractivity contribution in [1.82, 2.24) is 10.5 Å². The first-order chi connectivity index (χ1) is 9.25. The van der Waals surface area contributed by atoms with E-state index in [4.69, 9.17) is 4.52 Å². The summed E-state index contributed by atoms with van der Waals surface area (Å²) in [6.07, 6.45) is 0. The highest BCUT2D eigenvalue weighted by Gasteiger charge is 2.24. The van der Waals surface area contributed by atoms with Gasteiger partial charge in [-0.2, -0.15) is 0 Å². The van der Waals surface area contributed by atoms with Crippen LogP contribution < -0.4 is 10.2 Å². The van der Waals surface area contributed by atoms with Crippen molar-refractivity contribution in [2.75, 3.05) is 18.0 Å². The Kier molecular flexibility index (Phi) is 3.05. The van der Waals surface area contributed by atoms with Gasteiger partial charge in [-0.15, -0.1) is 0 Å². The molecule has 1 aliphatic rings. The summed E-state index contributed by atoms with van der Waals surface area (Å²) in [5.41, 5.74) is 2.42. The molecule has 5 nitrogen and oxygen atoms in total. The minimum atomic E-state index is -0.118. The number of fused-ring (bicyclic) bond motifs is 1. The number of benzene rings is 1. The van der Waals surface area contributed by atoms with Crippen molar-refractivity contribution in [1.29, 1.82) is 0 Å². The van der Waals surface area contributed by atoms with E-state index in [-0.39, 0.29) is 5.91 Å². The van der Waals surface area contributed by atoms with E-state index in [9.17, 15) is 4.79 Å². The summed E-state index contributed by atoms with van der Waals surface area (Å²) in [7, 11) is 0. The molecule has 5 heteroatoms. The predicted molar refractivity (Wildman–Crippen MR) is 71.1 cm³/mol. The SMILES string of the molecule is Cc1cc(C(=O)N2CCNCc3ccccc32)no1. The van der Waals surface area contributed by atoms with Crippen LogP contribution in [0.25, 0.3) is 0 Å². The van der Waals surface area contributed by atoms with Crippen LogP contribution in [0.4, 0.5) is 5.69 Å². The number of nitrogens with zero attached hydrogens (tertiary/aromatic N) is 2. The summed E-state index contributed by atoms with van der Waals surface area (Å²) in [5, 5.41) is 7.12. The number of hydrogen-bond acceptors (Lipinski definition) is 4. The van der Waals surface area contributed by atoms with Gasteiger partial charge in [0.2, 0.25) is 0 Å². The van der Waals surface area contributed by atoms with Gasteiger partial charge in [0, 0.05) is 31.4 Å². The Morgan fingerprint density at radius 1 is 1.42 bits per heavy atom. The standard InChI is InChI=1S/C14H15N3O2/c1-10-8-12(16-19-10)14(18)17-7-6-15-9-11-4-2-3-5-13(11)17/h2-5,8,15H,6-7,9H2,1H3. The van der Waals surface area contributed by atoms with Gasteiger partial charge in [-0.25, -0.2) is 0 Å². The molecule has 0 saturated carbocycles. The first-order valence-corrected chi connectivity index (χ1v) is 6.29. The summed E-state index contributed by atoms with van der Waals surface area (Å²) >= 11 is 0. The fraction of sp³-hybridized carbons (Fsp3) is 0.286. The normalized spacial score (nSPS) is 14.9. The van der Waals surface area contributed by atoms with Gasteiger partial charge in [-0.3, -0.25) is 4.79 Å². The first kappa shape index (κ1) is 11.9. The lowest BCUT2D eigenvalue weighted by Gasteiger charge is -2.21. The quantitative estimate of drug-likeness (QED) is 0.845. The maximum atomic E-state index is 12.5. The number of amides is 1. The third-order valence-corrected chi connectivity index (χ3v) is 3.20. The molecule has 1 amide bonds. The molecular formula is C14H15N3O2. The second-order valence-corrected chi connectivity index (χ2v) is 4.59. The molecule has 0 bridgehead atoms. The minimum Gasteiger partial charge on any atom is -0.361 e. The maximum absolute atomic E-state index is 12.5. The lowest BCUT2D eigenvalue weighted by Crippen LogP contribution is -2.34. The van der Waals surface area contributed by atoms with Crippen molar-refractivity contribution in [3.63, 3.8) is 0 Å². The topological polar surface area (TPSA) is 58.4 Å². The lowest BCUT2D eigenvalue weighted by atomic mass is 10.1. The van der Waals surface area contributed by atoms with E-state index in [1.165, 1.54) is 0 Å². The number of carbonyl (C=O) groups excluding carboxylic acids is 1. The number of aryl methyl sites for hydroxylation is 1. The highest BCUT2D eigenvalue weighted by atomic mass is 16.5. The van der Waals surface area contributed by atoms with Crippen LogP contribution >= 0.6 is 0 Å². The summed E-state index contributed by atoms with van der Waals surface area (Å²) in [6.45, 7) is 3.94. The van der Waals surface area contributed by atoms with Crippen LogP contribution in [-0.2, 0) is 6.54 Å². The zero-order valence-electron chi connectivity index (χ0n) is 10.7. The van der Waals surface area contributed by atoms with Crippen molar-refractivity contribution < 1.29 is 9.32 Å². The van der Waals surface area contributed by atoms with Crippen LogP contribution in [0.1, 0.15) is 21.8 Å². The van der Waals surface area contributed by atoms with Crippen molar-refractivity contribution >= 4 is 11.6 Å². The zero-order chi connectivity index (χ0) is 13.2. The summed E-state index contributed by atoms with van der Waals surface area (Å²) in [6, 6.07) is 9.59. The van der Waals surface area contributed by atoms with Gasteiger partial charge in [0.15, 0.2) is 5.69 Å². The molecule has 0 radical (unpaired) electrons. The molecule has 2 heterocycles. The number of carbonyl (C=O) groups is 1. The largest absolute Gasteiger partial charge is 0.361 e. The van der Waals surface area contributed by atoms with Crippen molar-refractivity contribution in [3.8, 4) is 0 Å². The Bertz CT molecular complexity index is 606. The van der Waals surface area contributed by atoms with Crippen LogP contribution in [0.3, 0.4) is 0 Å². The third-order valence-electron chi connectivity index (χ3n) is 3.20. The van der Waals surface area contributed by atoms with Gasteiger partial charge >= 0.3 is 0 Å².